The van der Waals surface area contributed by atoms with E-state index in [4.69, 9.17) is 0 Å². The molecule has 0 saturated heterocycles. The van der Waals surface area contributed by atoms with Gasteiger partial charge in [0.15, 0.2) is 0 Å². The van der Waals surface area contributed by atoms with Crippen LogP contribution < -0.4 is 0 Å². The van der Waals surface area contributed by atoms with Crippen molar-refractivity contribution < 1.29 is 0 Å². The van der Waals surface area contributed by atoms with Crippen LogP contribution in [0.3, 0.4) is 0 Å². The first-order valence-electron chi connectivity index (χ1n) is 15.5. The summed E-state index contributed by atoms with van der Waals surface area (Å²) in [5.41, 5.74) is 18.8. The summed E-state index contributed by atoms with van der Waals surface area (Å²) in [6.45, 7) is 38.5. The van der Waals surface area contributed by atoms with Gasteiger partial charge in [0.05, 0.1) is 0 Å². The number of hydrogen-bond acceptors (Lipinski definition) is 0. The molecular formula is C45H46. The lowest BCUT2D eigenvalue weighted by Crippen LogP contribution is -1.99. The Morgan fingerprint density at radius 2 is 0.622 bits per heavy atom. The number of hydrogen-bond donors (Lipinski definition) is 0. The Kier molecular flexibility index (Phi) is 10.4. The zero-order valence-electron chi connectivity index (χ0n) is 27.7. The molecule has 4 aromatic rings. The molecule has 0 aliphatic carbocycles. The third-order valence-corrected chi connectivity index (χ3v) is 8.20. The molecule has 0 saturated carbocycles. The van der Waals surface area contributed by atoms with E-state index in [2.05, 4.69) is 125 Å². The maximum atomic E-state index is 4.58. The Bertz CT molecular complexity index is 1680. The minimum atomic E-state index is 0.721. The number of benzene rings is 4. The van der Waals surface area contributed by atoms with Gasteiger partial charge < -0.3 is 0 Å². The van der Waals surface area contributed by atoms with Crippen molar-refractivity contribution in [3.8, 4) is 0 Å². The summed E-state index contributed by atoms with van der Waals surface area (Å²) in [5, 5.41) is 0. The van der Waals surface area contributed by atoms with Crippen molar-refractivity contribution >= 4 is 39.0 Å². The first kappa shape index (κ1) is 33.0. The van der Waals surface area contributed by atoms with E-state index < -0.39 is 0 Å². The van der Waals surface area contributed by atoms with Crippen LogP contribution in [0.5, 0.6) is 0 Å². The summed E-state index contributed by atoms with van der Waals surface area (Å²) in [7, 11) is 0. The Morgan fingerprint density at radius 3 is 0.933 bits per heavy atom. The lowest BCUT2D eigenvalue weighted by Gasteiger charge is -2.17. The van der Waals surface area contributed by atoms with E-state index in [1.807, 2.05) is 33.8 Å². The second kappa shape index (κ2) is 14.2. The van der Waals surface area contributed by atoms with E-state index in [1.54, 1.807) is 0 Å². The van der Waals surface area contributed by atoms with Crippen molar-refractivity contribution in [2.45, 2.75) is 47.0 Å². The zero-order valence-corrected chi connectivity index (χ0v) is 27.7. The fraction of sp³-hybridized carbons (Fsp3) is 0.156. The fourth-order valence-corrected chi connectivity index (χ4v) is 5.50. The number of allylic oxidation sites excluding steroid dienone is 7. The summed E-state index contributed by atoms with van der Waals surface area (Å²) in [5.74, 6) is 0. The van der Waals surface area contributed by atoms with Gasteiger partial charge in [-0.25, -0.2) is 0 Å². The molecule has 0 aliphatic heterocycles. The van der Waals surface area contributed by atoms with Gasteiger partial charge in [0.1, 0.15) is 0 Å². The molecule has 0 spiro atoms. The lowest BCUT2D eigenvalue weighted by molar-refractivity contribution is 1.22. The third-order valence-electron chi connectivity index (χ3n) is 8.20. The van der Waals surface area contributed by atoms with E-state index in [1.165, 1.54) is 16.7 Å². The molecule has 0 aromatic heterocycles. The van der Waals surface area contributed by atoms with Crippen molar-refractivity contribution in [3.05, 3.63) is 187 Å². The minimum absolute atomic E-state index is 0.721. The third kappa shape index (κ3) is 8.58. The van der Waals surface area contributed by atoms with Crippen LogP contribution in [-0.2, 0) is 19.3 Å². The van der Waals surface area contributed by atoms with E-state index in [9.17, 15) is 0 Å². The van der Waals surface area contributed by atoms with Crippen molar-refractivity contribution in [1.82, 2.24) is 0 Å². The molecule has 0 heterocycles. The Morgan fingerprint density at radius 1 is 0.356 bits per heavy atom. The van der Waals surface area contributed by atoms with Crippen LogP contribution in [0.2, 0.25) is 0 Å². The first-order valence-corrected chi connectivity index (χ1v) is 15.5. The quantitative estimate of drug-likeness (QED) is 0.146. The molecule has 0 radical (unpaired) electrons. The molecule has 0 N–H and O–H groups in total. The second-order valence-corrected chi connectivity index (χ2v) is 12.6. The highest BCUT2D eigenvalue weighted by atomic mass is 14.2. The lowest BCUT2D eigenvalue weighted by atomic mass is 9.88. The largest absolute Gasteiger partial charge is 0.0955 e. The van der Waals surface area contributed by atoms with Crippen LogP contribution in [0.4, 0.5) is 0 Å². The maximum absolute atomic E-state index is 4.58. The van der Waals surface area contributed by atoms with Gasteiger partial charge in [0.25, 0.3) is 0 Å². The Labute approximate surface area is 271 Å². The normalized spacial score (nSPS) is 10.7. The van der Waals surface area contributed by atoms with Gasteiger partial charge in [-0.15, -0.1) is 0 Å². The van der Waals surface area contributed by atoms with Gasteiger partial charge in [0.2, 0.25) is 0 Å². The molecule has 0 bridgehead atoms. The standard InChI is InChI=1S/C45H46/c1-29(2)40-20-36(21-41(26-40)30(3)4)18-34(10)44-24-38(17-33(9)39-15-13-12-14-16-39)25-45(28-44)35(11)19-37-22-42(31(5)6)27-43(23-37)32(7)8/h12-16,20-28H,1,3,5,7,9-11,17-19H2,2,4,6,8H3. The van der Waals surface area contributed by atoms with Crippen LogP contribution in [0.15, 0.2) is 131 Å². The molecule has 4 aromatic carbocycles. The zero-order chi connectivity index (χ0) is 32.8. The van der Waals surface area contributed by atoms with Gasteiger partial charge in [0, 0.05) is 0 Å². The van der Waals surface area contributed by atoms with Crippen molar-refractivity contribution in [2.24, 2.45) is 0 Å². The summed E-state index contributed by atoms with van der Waals surface area (Å²) < 4.78 is 0. The predicted octanol–water partition coefficient (Wildman–Crippen LogP) is 12.6. The molecule has 0 atom stereocenters. The molecule has 0 nitrogen and oxygen atoms in total. The molecule has 0 amide bonds. The predicted molar refractivity (Wildman–Crippen MR) is 203 cm³/mol. The molecule has 226 valence electrons. The molecule has 45 heavy (non-hydrogen) atoms. The van der Waals surface area contributed by atoms with Crippen LogP contribution in [0.25, 0.3) is 39.0 Å². The highest BCUT2D eigenvalue weighted by Crippen LogP contribution is 2.31. The summed E-state index contributed by atoms with van der Waals surface area (Å²) in [6, 6.07) is 30.3. The van der Waals surface area contributed by atoms with E-state index in [0.717, 1.165) is 97.2 Å². The molecule has 0 aliphatic rings. The van der Waals surface area contributed by atoms with Gasteiger partial charge in [-0.05, 0) is 138 Å². The Hall–Kier alpha value is -4.94. The maximum Gasteiger partial charge on any atom is -0.00253 e. The second-order valence-electron chi connectivity index (χ2n) is 12.6. The summed E-state index contributed by atoms with van der Waals surface area (Å²) in [6.07, 6.45) is 2.18. The molecule has 0 heteroatoms. The highest BCUT2D eigenvalue weighted by Gasteiger charge is 2.13. The van der Waals surface area contributed by atoms with Crippen LogP contribution >= 0.6 is 0 Å². The van der Waals surface area contributed by atoms with Crippen LogP contribution in [0.1, 0.15) is 83.3 Å². The fourth-order valence-electron chi connectivity index (χ4n) is 5.50. The molecular weight excluding hydrogens is 540 g/mol. The highest BCUT2D eigenvalue weighted by molar-refractivity contribution is 5.77. The van der Waals surface area contributed by atoms with Gasteiger partial charge in [-0.1, -0.05) is 135 Å². The van der Waals surface area contributed by atoms with E-state index >= 15 is 0 Å². The van der Waals surface area contributed by atoms with Crippen LogP contribution in [0, 0.1) is 0 Å². The SMILES string of the molecule is C=C(C)c1cc(CC(=C)c2cc(CC(=C)c3ccccc3)cc(C(=C)Cc3cc(C(=C)C)cc(C(=C)C)c3)c2)cc(C(=C)C)c1. The minimum Gasteiger partial charge on any atom is -0.0955 e. The van der Waals surface area contributed by atoms with Gasteiger partial charge in [-0.2, -0.15) is 0 Å². The first-order chi connectivity index (χ1) is 21.3. The molecule has 4 rings (SSSR count). The van der Waals surface area contributed by atoms with Crippen LogP contribution in [-0.4, -0.2) is 0 Å². The monoisotopic (exact) mass is 586 g/mol. The van der Waals surface area contributed by atoms with Gasteiger partial charge in [-0.3, -0.25) is 0 Å². The summed E-state index contributed by atoms with van der Waals surface area (Å²) in [4.78, 5) is 0. The van der Waals surface area contributed by atoms with Gasteiger partial charge >= 0.3 is 0 Å². The van der Waals surface area contributed by atoms with Crippen molar-refractivity contribution in [3.63, 3.8) is 0 Å². The number of rotatable bonds is 13. The van der Waals surface area contributed by atoms with E-state index in [-0.39, 0.29) is 0 Å². The Balaban J connectivity index is 1.73. The topological polar surface area (TPSA) is 0 Å². The summed E-state index contributed by atoms with van der Waals surface area (Å²) >= 11 is 0. The molecule has 0 fully saturated rings. The smallest absolute Gasteiger partial charge is 0.00253 e. The van der Waals surface area contributed by atoms with Crippen molar-refractivity contribution in [2.75, 3.05) is 0 Å². The molecule has 0 unspecified atom stereocenters. The average molecular weight is 587 g/mol. The van der Waals surface area contributed by atoms with E-state index in [0.29, 0.717) is 0 Å². The van der Waals surface area contributed by atoms with Crippen molar-refractivity contribution in [1.29, 1.82) is 0 Å². The average Bonchev–Trinajstić information content (AvgIpc) is 3.00.